The van der Waals surface area contributed by atoms with Crippen molar-refractivity contribution in [1.29, 1.82) is 0 Å². The molecule has 2 aliphatic rings. The molecule has 0 bridgehead atoms. The van der Waals surface area contributed by atoms with Gasteiger partial charge in [-0.05, 0) is 25.3 Å². The summed E-state index contributed by atoms with van der Waals surface area (Å²) in [6, 6.07) is 8.43. The summed E-state index contributed by atoms with van der Waals surface area (Å²) in [6.07, 6.45) is -1.22. The number of fused-ring (bicyclic) bond motifs is 1. The second kappa shape index (κ2) is 11.6. The Bertz CT molecular complexity index is 1410. The fourth-order valence-electron chi connectivity index (χ4n) is 4.61. The van der Waals surface area contributed by atoms with Gasteiger partial charge >= 0.3 is 12.7 Å². The Morgan fingerprint density at radius 3 is 2.88 bits per heavy atom. The first-order valence-electron chi connectivity index (χ1n) is 12.6. The summed E-state index contributed by atoms with van der Waals surface area (Å²) in [5.41, 5.74) is 5.35. The lowest BCUT2D eigenvalue weighted by Crippen LogP contribution is -2.44. The van der Waals surface area contributed by atoms with Crippen LogP contribution in [0.3, 0.4) is 0 Å². The number of aliphatic hydroxyl groups excluding tert-OH is 1. The minimum Gasteiger partial charge on any atom is -0.479 e. The van der Waals surface area contributed by atoms with Gasteiger partial charge in [-0.2, -0.15) is 9.97 Å². The Morgan fingerprint density at radius 2 is 2.12 bits per heavy atom. The van der Waals surface area contributed by atoms with Crippen LogP contribution in [0.5, 0.6) is 5.88 Å². The first-order valence-corrected chi connectivity index (χ1v) is 15.8. The van der Waals surface area contributed by atoms with Crippen molar-refractivity contribution in [2.75, 3.05) is 25.2 Å². The van der Waals surface area contributed by atoms with Crippen LogP contribution in [0.4, 0.5) is 5.95 Å². The molecule has 5 rings (SSSR count). The summed E-state index contributed by atoms with van der Waals surface area (Å²) < 4.78 is 37.4. The number of nitrogens with zero attached hydrogens (tertiary/aromatic N) is 4. The maximum absolute atomic E-state index is 13.6. The Morgan fingerprint density at radius 1 is 1.35 bits per heavy atom. The molecule has 2 aliphatic heterocycles. The maximum Gasteiger partial charge on any atom is 0.327 e. The van der Waals surface area contributed by atoms with Gasteiger partial charge in [0.15, 0.2) is 17.4 Å². The van der Waals surface area contributed by atoms with Crippen LogP contribution < -0.4 is 15.6 Å². The topological polar surface area (TPSA) is 193 Å². The van der Waals surface area contributed by atoms with Crippen LogP contribution in [-0.4, -0.2) is 79.0 Å². The second-order valence-electron chi connectivity index (χ2n) is 9.66. The molecular formula is C24H31N6O8PS. The summed E-state index contributed by atoms with van der Waals surface area (Å²) in [4.78, 5) is 25.2. The van der Waals surface area contributed by atoms with Crippen LogP contribution in [0, 0.1) is 0 Å². The number of methoxy groups -OCH3 is 1. The van der Waals surface area contributed by atoms with Crippen molar-refractivity contribution >= 4 is 41.2 Å². The van der Waals surface area contributed by atoms with Crippen molar-refractivity contribution in [3.8, 4) is 5.88 Å². The summed E-state index contributed by atoms with van der Waals surface area (Å²) in [5.74, 6) is 0.0332. The van der Waals surface area contributed by atoms with Crippen molar-refractivity contribution < 1.29 is 38.3 Å². The fourth-order valence-corrected chi connectivity index (χ4v) is 8.45. The molecule has 14 nitrogen and oxygen atoms in total. The van der Waals surface area contributed by atoms with E-state index in [0.29, 0.717) is 24.1 Å². The Hall–Kier alpha value is -2.78. The van der Waals surface area contributed by atoms with E-state index in [9.17, 15) is 19.6 Å². The van der Waals surface area contributed by atoms with Gasteiger partial charge in [-0.1, -0.05) is 41.7 Å². The van der Waals surface area contributed by atoms with E-state index >= 15 is 0 Å². The number of hydrogen-bond donors (Lipinski definition) is 4. The van der Waals surface area contributed by atoms with Gasteiger partial charge in [0, 0.05) is 5.75 Å². The first kappa shape index (κ1) is 28.7. The number of aromatic nitrogens is 4. The molecule has 16 heteroatoms. The van der Waals surface area contributed by atoms with E-state index in [0.717, 1.165) is 16.9 Å². The molecule has 0 radical (unpaired) electrons. The highest BCUT2D eigenvalue weighted by Crippen LogP contribution is 2.58. The van der Waals surface area contributed by atoms with Crippen molar-refractivity contribution in [3.63, 3.8) is 0 Å². The number of rotatable bonds is 8. The molecule has 1 aromatic carbocycles. The van der Waals surface area contributed by atoms with E-state index in [2.05, 4.69) is 20.0 Å². The van der Waals surface area contributed by atoms with Gasteiger partial charge in [-0.15, -0.1) is 0 Å². The van der Waals surface area contributed by atoms with Crippen LogP contribution in [0.15, 0.2) is 36.7 Å². The first-order chi connectivity index (χ1) is 19.1. The number of aliphatic hydroxyl groups is 2. The van der Waals surface area contributed by atoms with E-state index in [-0.39, 0.29) is 30.7 Å². The van der Waals surface area contributed by atoms with E-state index < -0.39 is 42.8 Å². The molecule has 4 heterocycles. The molecule has 6 atom stereocenters. The third-order valence-corrected chi connectivity index (χ3v) is 10.9. The zero-order chi connectivity index (χ0) is 28.5. The molecule has 6 unspecified atom stereocenters. The number of nitrogens with two attached hydrogens (primary N) is 1. The largest absolute Gasteiger partial charge is 0.479 e. The van der Waals surface area contributed by atoms with E-state index in [1.807, 2.05) is 30.3 Å². The average Bonchev–Trinajstić information content (AvgIpc) is 3.36. The van der Waals surface area contributed by atoms with E-state index in [1.165, 1.54) is 24.9 Å². The molecule has 216 valence electrons. The van der Waals surface area contributed by atoms with Crippen molar-refractivity contribution in [3.05, 3.63) is 42.2 Å². The maximum atomic E-state index is 13.6. The predicted octanol–water partition coefficient (Wildman–Crippen LogP) is 1.78. The Labute approximate surface area is 233 Å². The molecule has 2 aromatic heterocycles. The lowest BCUT2D eigenvalue weighted by Gasteiger charge is -2.27. The molecule has 0 spiro atoms. The minimum absolute atomic E-state index is 0.0735. The summed E-state index contributed by atoms with van der Waals surface area (Å²) >= 11 is 1.07. The molecule has 3 aromatic rings. The number of benzene rings is 1. The summed E-state index contributed by atoms with van der Waals surface area (Å²) in [7, 11) is 1.41. The molecule has 0 aliphatic carbocycles. The van der Waals surface area contributed by atoms with Crippen molar-refractivity contribution in [1.82, 2.24) is 24.6 Å². The van der Waals surface area contributed by atoms with Crippen LogP contribution >= 0.6 is 18.1 Å². The number of anilines is 1. The smallest absolute Gasteiger partial charge is 0.327 e. The highest BCUT2D eigenvalue weighted by Gasteiger charge is 2.54. The molecule has 40 heavy (non-hydrogen) atoms. The van der Waals surface area contributed by atoms with Crippen LogP contribution in [-0.2, 0) is 30.0 Å². The van der Waals surface area contributed by atoms with Gasteiger partial charge in [0.1, 0.15) is 30.5 Å². The number of esters is 1. The molecule has 2 saturated heterocycles. The summed E-state index contributed by atoms with van der Waals surface area (Å²) in [6.45, 7) is -2.43. The van der Waals surface area contributed by atoms with Crippen LogP contribution in [0.25, 0.3) is 11.2 Å². The zero-order valence-electron chi connectivity index (χ0n) is 21.9. The molecule has 0 amide bonds. The van der Waals surface area contributed by atoms with Gasteiger partial charge in [0.25, 0.3) is 0 Å². The number of ether oxygens (including phenoxy) is 3. The Balaban J connectivity index is 1.26. The normalized spacial score (nSPS) is 30.7. The average molecular weight is 595 g/mol. The molecule has 0 saturated carbocycles. The predicted molar refractivity (Wildman–Crippen MR) is 145 cm³/mol. The molecule has 5 N–H and O–H groups in total. The van der Waals surface area contributed by atoms with Gasteiger partial charge in [0.2, 0.25) is 11.8 Å². The zero-order valence-corrected chi connectivity index (χ0v) is 23.6. The molecular weight excluding hydrogens is 563 g/mol. The number of imidazole rings is 1. The number of carbonyl (C=O) groups is 1. The van der Waals surface area contributed by atoms with Gasteiger partial charge < -0.3 is 34.7 Å². The number of carbonyl (C=O) groups excluding carboxylic acids is 1. The highest BCUT2D eigenvalue weighted by atomic mass is 32.7. The third-order valence-electron chi connectivity index (χ3n) is 6.74. The number of nitrogens with one attached hydrogen (secondary N) is 1. The highest BCUT2D eigenvalue weighted by molar-refractivity contribution is 8.56. The van der Waals surface area contributed by atoms with Crippen LogP contribution in [0.1, 0.15) is 31.6 Å². The van der Waals surface area contributed by atoms with Gasteiger partial charge in [0.05, 0.1) is 20.0 Å². The standard InChI is InChI=1S/C24H31N6O8PS/c1-24(33)18(31)16(38-22(24)30-13-26-17-19(30)27-23(25)28-20(17)35-2)12-37-39(34)29-15(9-6-10-40-39)21(32)36-11-14-7-4-3-5-8-14/h3-5,7-8,13,15-16,18,22,31,33H,6,9-12H2,1-2H3,(H,29,34)(H2,25,27,28). The molecule has 2 fully saturated rings. The Kier molecular flexibility index (Phi) is 8.34. The van der Waals surface area contributed by atoms with Crippen molar-refractivity contribution in [2.24, 2.45) is 0 Å². The van der Waals surface area contributed by atoms with Crippen LogP contribution in [0.2, 0.25) is 0 Å². The third kappa shape index (κ3) is 5.81. The quantitative estimate of drug-likeness (QED) is 0.218. The lowest BCUT2D eigenvalue weighted by molar-refractivity contribution is -0.147. The second-order valence-corrected chi connectivity index (χ2v) is 14.1. The fraction of sp³-hybridized carbons (Fsp3) is 0.500. The monoisotopic (exact) mass is 594 g/mol. The SMILES string of the molecule is COc1nc(N)nc2c1ncn2C1OC(COP2(=O)NC(C(=O)OCc3ccccc3)CCCS2)C(O)C1(C)O. The summed E-state index contributed by atoms with van der Waals surface area (Å²) in [5, 5.41) is 25.0. The van der Waals surface area contributed by atoms with E-state index in [4.69, 9.17) is 24.5 Å². The number of nitrogen functional groups attached to an aromatic ring is 1. The van der Waals surface area contributed by atoms with E-state index in [1.54, 1.807) is 0 Å². The van der Waals surface area contributed by atoms with Crippen molar-refractivity contribution in [2.45, 2.75) is 56.5 Å². The minimum atomic E-state index is -3.60. The van der Waals surface area contributed by atoms with Gasteiger partial charge in [-0.25, -0.2) is 10.1 Å². The lowest BCUT2D eigenvalue weighted by atomic mass is 9.96. The number of hydrogen-bond acceptors (Lipinski definition) is 13. The van der Waals surface area contributed by atoms with Gasteiger partial charge in [-0.3, -0.25) is 13.9 Å².